The summed E-state index contributed by atoms with van der Waals surface area (Å²) < 4.78 is 9.85. The number of nitrogens with two attached hydrogens (primary N) is 1. The Bertz CT molecular complexity index is 325. The molecule has 0 aromatic carbocycles. The van der Waals surface area contributed by atoms with E-state index in [4.69, 9.17) is 10.5 Å². The number of rotatable bonds is 6. The maximum Gasteiger partial charge on any atom is 0.198 e. The van der Waals surface area contributed by atoms with E-state index in [9.17, 15) is 0 Å². The highest BCUT2D eigenvalue weighted by Gasteiger charge is 2.17. The number of anilines is 2. The molecule has 0 saturated carbocycles. The predicted molar refractivity (Wildman–Crippen MR) is 70.5 cm³/mol. The molecule has 0 aliphatic heterocycles. The molecule has 92 valence electrons. The molecule has 1 aromatic rings. The van der Waals surface area contributed by atoms with Crippen LogP contribution in [0.4, 0.5) is 10.8 Å². The van der Waals surface area contributed by atoms with Crippen molar-refractivity contribution in [1.29, 1.82) is 0 Å². The van der Waals surface area contributed by atoms with Crippen LogP contribution >= 0.6 is 11.5 Å². The average Bonchev–Trinajstić information content (AvgIpc) is 2.56. The van der Waals surface area contributed by atoms with E-state index >= 15 is 0 Å². The summed E-state index contributed by atoms with van der Waals surface area (Å²) in [6.45, 7) is 7.17. The van der Waals surface area contributed by atoms with Gasteiger partial charge in [0.2, 0.25) is 0 Å². The van der Waals surface area contributed by atoms with Crippen molar-refractivity contribution in [1.82, 2.24) is 4.37 Å². The van der Waals surface area contributed by atoms with Crippen LogP contribution < -0.4 is 15.4 Å². The summed E-state index contributed by atoms with van der Waals surface area (Å²) >= 11 is 1.40. The summed E-state index contributed by atoms with van der Waals surface area (Å²) in [6.07, 6.45) is 2.46. The molecule has 0 saturated heterocycles. The van der Waals surface area contributed by atoms with Crippen LogP contribution in [0, 0.1) is 0 Å². The molecule has 0 bridgehead atoms. The molecule has 0 aliphatic rings. The Kier molecular flexibility index (Phi) is 4.86. The maximum atomic E-state index is 5.80. The third kappa shape index (κ3) is 3.27. The Morgan fingerprint density at radius 2 is 2.19 bits per heavy atom. The van der Waals surface area contributed by atoms with Gasteiger partial charge in [0.1, 0.15) is 0 Å². The lowest BCUT2D eigenvalue weighted by atomic mass is 10.3. The van der Waals surface area contributed by atoms with Gasteiger partial charge in [-0.2, -0.15) is 4.37 Å². The van der Waals surface area contributed by atoms with E-state index in [-0.39, 0.29) is 6.10 Å². The van der Waals surface area contributed by atoms with Crippen molar-refractivity contribution < 1.29 is 4.74 Å². The minimum absolute atomic E-state index is 0.122. The van der Waals surface area contributed by atoms with Crippen LogP contribution in [-0.2, 0) is 0 Å². The van der Waals surface area contributed by atoms with Crippen molar-refractivity contribution in [3.05, 3.63) is 0 Å². The van der Waals surface area contributed by atoms with E-state index in [0.29, 0.717) is 5.82 Å². The summed E-state index contributed by atoms with van der Waals surface area (Å²) in [4.78, 5) is 2.16. The molecular weight excluding hydrogens is 222 g/mol. The van der Waals surface area contributed by atoms with Gasteiger partial charge in [0.25, 0.3) is 0 Å². The summed E-state index contributed by atoms with van der Waals surface area (Å²) in [5.74, 6) is 1.23. The second kappa shape index (κ2) is 5.94. The summed E-state index contributed by atoms with van der Waals surface area (Å²) in [5, 5.41) is 1.03. The second-order valence-corrected chi connectivity index (χ2v) is 4.90. The average molecular weight is 243 g/mol. The summed E-state index contributed by atoms with van der Waals surface area (Å²) in [6, 6.07) is 0. The van der Waals surface area contributed by atoms with Crippen molar-refractivity contribution >= 4 is 22.4 Å². The van der Waals surface area contributed by atoms with Crippen LogP contribution in [0.3, 0.4) is 0 Å². The number of hydrogen-bond acceptors (Lipinski definition) is 5. The van der Waals surface area contributed by atoms with Gasteiger partial charge in [-0.3, -0.25) is 0 Å². The first-order valence-electron chi connectivity index (χ1n) is 5.69. The number of nitrogen functional groups attached to an aromatic ring is 1. The normalized spacial score (nSPS) is 10.8. The van der Waals surface area contributed by atoms with Crippen molar-refractivity contribution in [2.75, 3.05) is 24.2 Å². The molecule has 0 fully saturated rings. The molecule has 0 amide bonds. The fraction of sp³-hybridized carbons (Fsp3) is 0.727. The lowest BCUT2D eigenvalue weighted by Gasteiger charge is -2.19. The summed E-state index contributed by atoms with van der Waals surface area (Å²) in [5.41, 5.74) is 5.80. The number of ether oxygens (including phenoxy) is 1. The minimum Gasteiger partial charge on any atom is -0.484 e. The standard InChI is InChI=1S/C11H21N3OS/c1-5-6-7-14(4)11-9(15-8(2)3)10(12)13-16-11/h8H,5-7H2,1-4H3,(H2,12,13). The van der Waals surface area contributed by atoms with E-state index in [1.54, 1.807) is 0 Å². The highest BCUT2D eigenvalue weighted by Crippen LogP contribution is 2.38. The topological polar surface area (TPSA) is 51.4 Å². The number of aromatic nitrogens is 1. The van der Waals surface area contributed by atoms with Crippen LogP contribution in [0.2, 0.25) is 0 Å². The highest BCUT2D eigenvalue weighted by molar-refractivity contribution is 7.11. The Morgan fingerprint density at radius 1 is 1.50 bits per heavy atom. The van der Waals surface area contributed by atoms with Gasteiger partial charge >= 0.3 is 0 Å². The van der Waals surface area contributed by atoms with Crippen LogP contribution in [0.15, 0.2) is 0 Å². The third-order valence-corrected chi connectivity index (χ3v) is 3.16. The van der Waals surface area contributed by atoms with Gasteiger partial charge in [-0.15, -0.1) is 0 Å². The van der Waals surface area contributed by atoms with Gasteiger partial charge < -0.3 is 15.4 Å². The quantitative estimate of drug-likeness (QED) is 0.834. The summed E-state index contributed by atoms with van der Waals surface area (Å²) in [7, 11) is 2.05. The first kappa shape index (κ1) is 13.1. The molecule has 0 unspecified atom stereocenters. The molecular formula is C11H21N3OS. The van der Waals surface area contributed by atoms with Crippen molar-refractivity contribution in [2.24, 2.45) is 0 Å². The van der Waals surface area contributed by atoms with E-state index < -0.39 is 0 Å². The number of hydrogen-bond donors (Lipinski definition) is 1. The van der Waals surface area contributed by atoms with E-state index in [0.717, 1.165) is 23.7 Å². The second-order valence-electron chi connectivity index (χ2n) is 4.14. The van der Waals surface area contributed by atoms with Crippen LogP contribution in [-0.4, -0.2) is 24.1 Å². The zero-order valence-electron chi connectivity index (χ0n) is 10.5. The molecule has 0 radical (unpaired) electrons. The lowest BCUT2D eigenvalue weighted by Crippen LogP contribution is -2.19. The SMILES string of the molecule is CCCCN(C)c1snc(N)c1OC(C)C. The zero-order chi connectivity index (χ0) is 12.1. The molecule has 0 aliphatic carbocycles. The van der Waals surface area contributed by atoms with Crippen LogP contribution in [0.5, 0.6) is 5.75 Å². The van der Waals surface area contributed by atoms with E-state index in [2.05, 4.69) is 23.2 Å². The molecule has 16 heavy (non-hydrogen) atoms. The minimum atomic E-state index is 0.122. The van der Waals surface area contributed by atoms with Gasteiger partial charge in [0.15, 0.2) is 16.6 Å². The van der Waals surface area contributed by atoms with Crippen molar-refractivity contribution in [3.63, 3.8) is 0 Å². The Balaban J connectivity index is 2.78. The Morgan fingerprint density at radius 3 is 2.75 bits per heavy atom. The Hall–Kier alpha value is -0.970. The zero-order valence-corrected chi connectivity index (χ0v) is 11.3. The van der Waals surface area contributed by atoms with Crippen molar-refractivity contribution in [2.45, 2.75) is 39.7 Å². The first-order chi connectivity index (χ1) is 7.56. The van der Waals surface area contributed by atoms with Gasteiger partial charge in [-0.05, 0) is 31.8 Å². The number of nitrogens with zero attached hydrogens (tertiary/aromatic N) is 2. The molecule has 2 N–H and O–H groups in total. The van der Waals surface area contributed by atoms with E-state index in [1.807, 2.05) is 13.8 Å². The molecule has 1 heterocycles. The third-order valence-electron chi connectivity index (χ3n) is 2.20. The van der Waals surface area contributed by atoms with Gasteiger partial charge in [0.05, 0.1) is 6.10 Å². The van der Waals surface area contributed by atoms with Crippen LogP contribution in [0.1, 0.15) is 33.6 Å². The molecule has 5 heteroatoms. The first-order valence-corrected chi connectivity index (χ1v) is 6.46. The molecule has 1 aromatic heterocycles. The molecule has 0 atom stereocenters. The number of unbranched alkanes of at least 4 members (excludes halogenated alkanes) is 1. The van der Waals surface area contributed by atoms with Gasteiger partial charge in [-0.25, -0.2) is 0 Å². The Labute approximate surface area is 102 Å². The highest BCUT2D eigenvalue weighted by atomic mass is 32.1. The molecule has 4 nitrogen and oxygen atoms in total. The predicted octanol–water partition coefficient (Wildman–Crippen LogP) is 2.75. The molecule has 1 rings (SSSR count). The fourth-order valence-electron chi connectivity index (χ4n) is 1.37. The van der Waals surface area contributed by atoms with Crippen LogP contribution in [0.25, 0.3) is 0 Å². The van der Waals surface area contributed by atoms with E-state index in [1.165, 1.54) is 18.0 Å². The monoisotopic (exact) mass is 243 g/mol. The van der Waals surface area contributed by atoms with Crippen molar-refractivity contribution in [3.8, 4) is 5.75 Å². The largest absolute Gasteiger partial charge is 0.484 e. The smallest absolute Gasteiger partial charge is 0.198 e. The molecule has 0 spiro atoms. The van der Waals surface area contributed by atoms with Gasteiger partial charge in [0, 0.05) is 13.6 Å². The maximum absolute atomic E-state index is 5.80. The lowest BCUT2D eigenvalue weighted by molar-refractivity contribution is 0.245. The fourth-order valence-corrected chi connectivity index (χ4v) is 2.11. The van der Waals surface area contributed by atoms with Gasteiger partial charge in [-0.1, -0.05) is 13.3 Å².